The summed E-state index contributed by atoms with van der Waals surface area (Å²) in [6, 6.07) is 9.58. The number of thiazole rings is 1. The van der Waals surface area contributed by atoms with E-state index < -0.39 is 6.10 Å². The maximum atomic E-state index is 10.2. The summed E-state index contributed by atoms with van der Waals surface area (Å²) in [5, 5.41) is 10.2. The highest BCUT2D eigenvalue weighted by Gasteiger charge is 2.19. The van der Waals surface area contributed by atoms with Gasteiger partial charge in [-0.15, -0.1) is 11.3 Å². The van der Waals surface area contributed by atoms with Crippen molar-refractivity contribution in [2.45, 2.75) is 37.5 Å². The molecule has 0 amide bonds. The van der Waals surface area contributed by atoms with Crippen LogP contribution in [0.3, 0.4) is 0 Å². The number of hydrogen-bond donors (Lipinski definition) is 3. The minimum Gasteiger partial charge on any atom is -0.391 e. The number of benzene rings is 1. The van der Waals surface area contributed by atoms with Crippen molar-refractivity contribution in [3.05, 3.63) is 52.5 Å². The van der Waals surface area contributed by atoms with Crippen LogP contribution in [0.2, 0.25) is 0 Å². The van der Waals surface area contributed by atoms with Crippen molar-refractivity contribution in [1.82, 2.24) is 4.98 Å². The van der Waals surface area contributed by atoms with Crippen LogP contribution in [0.5, 0.6) is 0 Å². The molecular formula is C15H21N3OS. The van der Waals surface area contributed by atoms with Crippen LogP contribution >= 0.6 is 11.3 Å². The Kier molecular flexibility index (Phi) is 5.67. The lowest BCUT2D eigenvalue weighted by Crippen LogP contribution is -2.41. The summed E-state index contributed by atoms with van der Waals surface area (Å²) in [4.78, 5) is 5.16. The number of rotatable bonds is 7. The Morgan fingerprint density at radius 1 is 1.15 bits per heavy atom. The first-order chi connectivity index (χ1) is 9.65. The molecule has 3 atom stereocenters. The third-order valence-corrected chi connectivity index (χ3v) is 4.10. The van der Waals surface area contributed by atoms with Gasteiger partial charge in [0.15, 0.2) is 0 Å². The smallest absolute Gasteiger partial charge is 0.0794 e. The van der Waals surface area contributed by atoms with Gasteiger partial charge in [0.25, 0.3) is 0 Å². The lowest BCUT2D eigenvalue weighted by atomic mass is 9.96. The van der Waals surface area contributed by atoms with E-state index in [1.54, 1.807) is 16.8 Å². The van der Waals surface area contributed by atoms with Crippen LogP contribution < -0.4 is 11.5 Å². The van der Waals surface area contributed by atoms with Crippen LogP contribution in [0.25, 0.3) is 0 Å². The molecule has 1 aromatic heterocycles. The molecule has 0 fully saturated rings. The molecule has 0 saturated carbocycles. The number of nitrogens with two attached hydrogens (primary N) is 2. The van der Waals surface area contributed by atoms with Crippen molar-refractivity contribution in [1.29, 1.82) is 0 Å². The molecule has 0 aliphatic carbocycles. The van der Waals surface area contributed by atoms with Crippen molar-refractivity contribution in [3.63, 3.8) is 0 Å². The minimum atomic E-state index is -0.585. The van der Waals surface area contributed by atoms with Gasteiger partial charge in [0, 0.05) is 23.2 Å². The number of aliphatic hydroxyl groups excluding tert-OH is 1. The summed E-state index contributed by atoms with van der Waals surface area (Å²) in [6.07, 6.45) is 3.14. The average Bonchev–Trinajstić information content (AvgIpc) is 2.92. The number of aromatic nitrogens is 1. The topological polar surface area (TPSA) is 85.2 Å². The highest BCUT2D eigenvalue weighted by molar-refractivity contribution is 7.09. The lowest BCUT2D eigenvalue weighted by Gasteiger charge is -2.22. The van der Waals surface area contributed by atoms with Crippen molar-refractivity contribution < 1.29 is 5.11 Å². The van der Waals surface area contributed by atoms with Crippen LogP contribution in [0, 0.1) is 0 Å². The maximum Gasteiger partial charge on any atom is 0.0794 e. The molecule has 0 spiro atoms. The van der Waals surface area contributed by atoms with Gasteiger partial charge in [-0.1, -0.05) is 30.3 Å². The van der Waals surface area contributed by atoms with E-state index in [2.05, 4.69) is 4.98 Å². The molecule has 20 heavy (non-hydrogen) atoms. The van der Waals surface area contributed by atoms with Gasteiger partial charge in [0.2, 0.25) is 0 Å². The fraction of sp³-hybridized carbons (Fsp3) is 0.400. The Labute approximate surface area is 123 Å². The van der Waals surface area contributed by atoms with E-state index in [4.69, 9.17) is 11.5 Å². The van der Waals surface area contributed by atoms with E-state index in [0.29, 0.717) is 12.8 Å². The van der Waals surface area contributed by atoms with Gasteiger partial charge in [0.1, 0.15) is 0 Å². The van der Waals surface area contributed by atoms with Gasteiger partial charge < -0.3 is 16.6 Å². The molecule has 0 bridgehead atoms. The van der Waals surface area contributed by atoms with E-state index in [1.165, 1.54) is 0 Å². The molecule has 1 aromatic carbocycles. The predicted octanol–water partition coefficient (Wildman–Crippen LogP) is 1.33. The maximum absolute atomic E-state index is 10.2. The first-order valence-corrected chi connectivity index (χ1v) is 7.63. The molecule has 2 aromatic rings. The summed E-state index contributed by atoms with van der Waals surface area (Å²) < 4.78 is 0. The normalized spacial score (nSPS) is 15.8. The van der Waals surface area contributed by atoms with Crippen LogP contribution in [0.4, 0.5) is 0 Å². The summed E-state index contributed by atoms with van der Waals surface area (Å²) in [5.41, 5.74) is 15.0. The monoisotopic (exact) mass is 291 g/mol. The number of hydrogen-bond acceptors (Lipinski definition) is 5. The van der Waals surface area contributed by atoms with Gasteiger partial charge >= 0.3 is 0 Å². The van der Waals surface area contributed by atoms with Crippen molar-refractivity contribution in [3.8, 4) is 0 Å². The Hall–Kier alpha value is -1.27. The highest BCUT2D eigenvalue weighted by atomic mass is 32.1. The van der Waals surface area contributed by atoms with E-state index in [-0.39, 0.29) is 12.1 Å². The van der Waals surface area contributed by atoms with Crippen LogP contribution in [0.15, 0.2) is 42.0 Å². The molecule has 108 valence electrons. The Balaban J connectivity index is 1.80. The largest absolute Gasteiger partial charge is 0.391 e. The summed E-state index contributed by atoms with van der Waals surface area (Å²) in [5.74, 6) is 0. The fourth-order valence-corrected chi connectivity index (χ4v) is 2.88. The number of nitrogens with zero attached hydrogens (tertiary/aromatic N) is 1. The summed E-state index contributed by atoms with van der Waals surface area (Å²) in [7, 11) is 0. The third-order valence-electron chi connectivity index (χ3n) is 3.30. The summed E-state index contributed by atoms with van der Waals surface area (Å²) >= 11 is 1.59. The molecule has 0 aliphatic rings. The van der Waals surface area contributed by atoms with Crippen LogP contribution in [-0.4, -0.2) is 28.3 Å². The Bertz CT molecular complexity index is 489. The highest BCUT2D eigenvalue weighted by Crippen LogP contribution is 2.13. The molecule has 0 aliphatic heterocycles. The van der Waals surface area contributed by atoms with Crippen LogP contribution in [-0.2, 0) is 12.8 Å². The molecule has 0 radical (unpaired) electrons. The van der Waals surface area contributed by atoms with Crippen molar-refractivity contribution in [2.24, 2.45) is 11.5 Å². The third kappa shape index (κ3) is 4.68. The average molecular weight is 291 g/mol. The van der Waals surface area contributed by atoms with E-state index in [1.807, 2.05) is 36.5 Å². The zero-order chi connectivity index (χ0) is 14.4. The van der Waals surface area contributed by atoms with Gasteiger partial charge in [-0.3, -0.25) is 4.98 Å². The Morgan fingerprint density at radius 3 is 2.55 bits per heavy atom. The minimum absolute atomic E-state index is 0.0905. The lowest BCUT2D eigenvalue weighted by molar-refractivity contribution is 0.126. The second-order valence-electron chi connectivity index (χ2n) is 5.09. The molecule has 0 saturated heterocycles. The molecule has 5 N–H and O–H groups in total. The van der Waals surface area contributed by atoms with Crippen molar-refractivity contribution in [2.75, 3.05) is 0 Å². The van der Waals surface area contributed by atoms with Gasteiger partial charge in [0.05, 0.1) is 11.6 Å². The zero-order valence-corrected chi connectivity index (χ0v) is 12.2. The SMILES string of the molecule is N[C@H](Cc1cncs1)C[C@H](O)[C@@H](N)Cc1ccccc1. The second-order valence-corrected chi connectivity index (χ2v) is 6.06. The van der Waals surface area contributed by atoms with Crippen LogP contribution in [0.1, 0.15) is 16.9 Å². The quantitative estimate of drug-likeness (QED) is 0.718. The fourth-order valence-electron chi connectivity index (χ4n) is 2.19. The molecular weight excluding hydrogens is 270 g/mol. The Morgan fingerprint density at radius 2 is 1.90 bits per heavy atom. The summed E-state index contributed by atoms with van der Waals surface area (Å²) in [6.45, 7) is 0. The molecule has 4 nitrogen and oxygen atoms in total. The zero-order valence-electron chi connectivity index (χ0n) is 11.4. The molecule has 2 rings (SSSR count). The molecule has 5 heteroatoms. The predicted molar refractivity (Wildman–Crippen MR) is 82.5 cm³/mol. The van der Waals surface area contributed by atoms with E-state index in [9.17, 15) is 5.11 Å². The first-order valence-electron chi connectivity index (χ1n) is 6.75. The number of aliphatic hydroxyl groups is 1. The van der Waals surface area contributed by atoms with Gasteiger partial charge in [-0.05, 0) is 24.8 Å². The molecule has 0 unspecified atom stereocenters. The second kappa shape index (κ2) is 7.50. The standard InChI is InChI=1S/C15H21N3OS/c16-12(7-13-9-18-10-20-13)8-15(19)14(17)6-11-4-2-1-3-5-11/h1-5,9-10,12,14-15,19H,6-8,16-17H2/t12-,14+,15+/m1/s1. The van der Waals surface area contributed by atoms with E-state index >= 15 is 0 Å². The molecule has 1 heterocycles. The van der Waals surface area contributed by atoms with Gasteiger partial charge in [-0.25, -0.2) is 0 Å². The van der Waals surface area contributed by atoms with E-state index in [0.717, 1.165) is 16.9 Å². The van der Waals surface area contributed by atoms with Crippen molar-refractivity contribution >= 4 is 11.3 Å². The van der Waals surface area contributed by atoms with Gasteiger partial charge in [-0.2, -0.15) is 0 Å². The first kappa shape index (κ1) is 15.1.